The van der Waals surface area contributed by atoms with Gasteiger partial charge in [-0.1, -0.05) is 40.2 Å². The average molecular weight is 1240 g/mol. The summed E-state index contributed by atoms with van der Waals surface area (Å²) in [6.45, 7) is 20.4. The zero-order valence-corrected chi connectivity index (χ0v) is 53.2. The maximum Gasteiger partial charge on any atom is 0.337 e. The molecule has 0 saturated heterocycles. The van der Waals surface area contributed by atoms with E-state index in [9.17, 15) is 43.2 Å². The van der Waals surface area contributed by atoms with Gasteiger partial charge in [0.05, 0.1) is 63.4 Å². The van der Waals surface area contributed by atoms with E-state index in [0.717, 1.165) is 54.5 Å². The number of aryl methyl sites for hydroxylation is 8. The molecule has 5 aromatic rings. The molecular formula is C66H81BrO18. The van der Waals surface area contributed by atoms with Crippen molar-refractivity contribution in [2.45, 2.75) is 132 Å². The van der Waals surface area contributed by atoms with Gasteiger partial charge in [-0.15, -0.1) is 0 Å². The Labute approximate surface area is 507 Å². The van der Waals surface area contributed by atoms with Crippen molar-refractivity contribution in [3.8, 4) is 0 Å². The molecule has 18 nitrogen and oxygen atoms in total. The lowest BCUT2D eigenvalue weighted by Gasteiger charge is -2.19. The summed E-state index contributed by atoms with van der Waals surface area (Å²) in [5, 5.41) is 17.1. The number of esters is 7. The molecule has 0 fully saturated rings. The first-order valence-electron chi connectivity index (χ1n) is 26.8. The van der Waals surface area contributed by atoms with Crippen LogP contribution in [0.3, 0.4) is 0 Å². The average Bonchev–Trinajstić information content (AvgIpc) is 3.65. The second-order valence-corrected chi connectivity index (χ2v) is 21.9. The fourth-order valence-corrected chi connectivity index (χ4v) is 7.70. The second-order valence-electron chi connectivity index (χ2n) is 21.0. The Morgan fingerprint density at radius 2 is 0.753 bits per heavy atom. The molecule has 0 aliphatic heterocycles. The van der Waals surface area contributed by atoms with Crippen LogP contribution in [0.5, 0.6) is 0 Å². The number of benzene rings is 5. The fraction of sp³-hybridized carbons (Fsp3) is 0.379. The quantitative estimate of drug-likeness (QED) is 0.0498. The van der Waals surface area contributed by atoms with Crippen LogP contribution in [-0.4, -0.2) is 111 Å². The molecule has 0 spiro atoms. The summed E-state index contributed by atoms with van der Waals surface area (Å²) in [5.41, 5.74) is 10.3. The molecule has 0 atom stereocenters. The van der Waals surface area contributed by atoms with Gasteiger partial charge in [0.25, 0.3) is 0 Å². The van der Waals surface area contributed by atoms with Crippen LogP contribution in [0.4, 0.5) is 0 Å². The van der Waals surface area contributed by atoms with Gasteiger partial charge in [-0.2, -0.15) is 0 Å². The highest BCUT2D eigenvalue weighted by atomic mass is 79.9. The van der Waals surface area contributed by atoms with E-state index < -0.39 is 29.1 Å². The van der Waals surface area contributed by atoms with E-state index in [0.29, 0.717) is 59.9 Å². The summed E-state index contributed by atoms with van der Waals surface area (Å²) in [6, 6.07) is 26.3. The van der Waals surface area contributed by atoms with E-state index >= 15 is 0 Å². The van der Waals surface area contributed by atoms with Gasteiger partial charge in [-0.3, -0.25) is 14.4 Å². The van der Waals surface area contributed by atoms with Crippen molar-refractivity contribution in [3.63, 3.8) is 0 Å². The summed E-state index contributed by atoms with van der Waals surface area (Å²) < 4.78 is 34.6. The predicted octanol–water partition coefficient (Wildman–Crippen LogP) is 12.7. The predicted molar refractivity (Wildman–Crippen MR) is 326 cm³/mol. The molecule has 0 heterocycles. The molecule has 0 radical (unpaired) electrons. The van der Waals surface area contributed by atoms with E-state index in [2.05, 4.69) is 39.6 Å². The Kier molecular flexibility index (Phi) is 32.4. The number of methoxy groups -OCH3 is 5. The molecule has 460 valence electrons. The first kappa shape index (κ1) is 74.6. The van der Waals surface area contributed by atoms with Crippen molar-refractivity contribution >= 4 is 75.7 Å². The van der Waals surface area contributed by atoms with Crippen LogP contribution in [0.2, 0.25) is 0 Å². The molecule has 0 aliphatic rings. The van der Waals surface area contributed by atoms with Gasteiger partial charge in [-0.05, 0) is 225 Å². The molecule has 2 N–H and O–H groups in total. The highest BCUT2D eigenvalue weighted by molar-refractivity contribution is 9.10. The monoisotopic (exact) mass is 1240 g/mol. The Balaban J connectivity index is 0.000000536. The van der Waals surface area contributed by atoms with Gasteiger partial charge in [-0.25, -0.2) is 28.8 Å². The lowest BCUT2D eigenvalue weighted by atomic mass is 10.0. The summed E-state index contributed by atoms with van der Waals surface area (Å²) in [7, 11) is 6.75. The first-order chi connectivity index (χ1) is 39.7. The Hall–Kier alpha value is -8.45. The zero-order valence-electron chi connectivity index (χ0n) is 51.6. The molecule has 0 aromatic heterocycles. The Bertz CT molecular complexity index is 3140. The van der Waals surface area contributed by atoms with Crippen molar-refractivity contribution in [3.05, 3.63) is 179 Å². The minimum atomic E-state index is -0.823. The van der Waals surface area contributed by atoms with Crippen LogP contribution in [-0.2, 0) is 71.6 Å². The zero-order chi connectivity index (χ0) is 64.8. The largest absolute Gasteiger partial charge is 0.481 e. The summed E-state index contributed by atoms with van der Waals surface area (Å²) >= 11 is 3.35. The van der Waals surface area contributed by atoms with Gasteiger partial charge in [0.1, 0.15) is 11.2 Å². The Morgan fingerprint density at radius 1 is 0.424 bits per heavy atom. The van der Waals surface area contributed by atoms with Crippen LogP contribution in [0.1, 0.15) is 169 Å². The maximum absolute atomic E-state index is 11.7. The van der Waals surface area contributed by atoms with Crippen molar-refractivity contribution in [2.75, 3.05) is 35.5 Å². The maximum atomic E-state index is 11.7. The number of carboxylic acids is 2. The van der Waals surface area contributed by atoms with E-state index in [1.54, 1.807) is 78.9 Å². The van der Waals surface area contributed by atoms with Crippen molar-refractivity contribution in [2.24, 2.45) is 0 Å². The number of aliphatic carboxylic acids is 2. The van der Waals surface area contributed by atoms with Gasteiger partial charge in [0.2, 0.25) is 0 Å². The Morgan fingerprint density at radius 3 is 1.08 bits per heavy atom. The van der Waals surface area contributed by atoms with E-state index in [-0.39, 0.29) is 48.7 Å². The number of carbonyl (C=O) groups is 9. The lowest BCUT2D eigenvalue weighted by molar-refractivity contribution is -0.155. The van der Waals surface area contributed by atoms with Crippen molar-refractivity contribution in [1.29, 1.82) is 0 Å². The smallest absolute Gasteiger partial charge is 0.337 e. The van der Waals surface area contributed by atoms with Gasteiger partial charge < -0.3 is 43.4 Å². The van der Waals surface area contributed by atoms with Crippen LogP contribution in [0.25, 0.3) is 6.08 Å². The summed E-state index contributed by atoms with van der Waals surface area (Å²) in [5.74, 6) is -3.99. The minimum absolute atomic E-state index is 0.0956. The SMILES string of the molecule is COC(=O)c1ccc(/C=C/C(=O)OC(C)(C)C)c(C)c1.COC(=O)c1ccc(Br)c(C)c1.COC(=O)c1ccc(CCC(=O)O)c(C)c1.COC(=O)c1ccc(CCC(=O)OC(C)(C)C)c(C)c1.COC(=O)c1ccc(CCCC(=O)O)c(C)c1. The topological polar surface area (TPSA) is 259 Å². The van der Waals surface area contributed by atoms with Crippen LogP contribution in [0, 0.1) is 34.6 Å². The summed E-state index contributed by atoms with van der Waals surface area (Å²) in [6.07, 6.45) is 6.03. The van der Waals surface area contributed by atoms with Crippen LogP contribution < -0.4 is 0 Å². The third-order valence-corrected chi connectivity index (χ3v) is 12.7. The van der Waals surface area contributed by atoms with E-state index in [1.165, 1.54) is 41.6 Å². The summed E-state index contributed by atoms with van der Waals surface area (Å²) in [4.78, 5) is 100. The van der Waals surface area contributed by atoms with Gasteiger partial charge >= 0.3 is 53.7 Å². The third-order valence-electron chi connectivity index (χ3n) is 11.8. The molecule has 0 saturated carbocycles. The number of rotatable bonds is 17. The standard InChI is InChI=1S/C16H22O4.C16H20O4.C13H16O4.C12H14O4.C9H9BrO2/c2*1-11-10-13(15(18)19-5)7-6-12(11)8-9-14(17)20-16(2,3)4;1-9-8-11(13(16)17-2)7-6-10(9)4-3-5-12(14)15;1-8-7-10(12(15)16-2)4-3-9(8)5-6-11(13)14;1-6-5-7(9(11)12-2)3-4-8(6)10/h6-7,10H,8-9H2,1-5H3;6-10H,1-5H3;6-8H,3-5H2,1-2H3,(H,14,15);3-4,7H,5-6H2,1-2H3,(H,13,14);3-5H,1-2H3/b;9-8+;;;. The molecule has 5 rings (SSSR count). The second kappa shape index (κ2) is 37.0. The highest BCUT2D eigenvalue weighted by Gasteiger charge is 2.18. The number of hydrogen-bond acceptors (Lipinski definition) is 16. The highest BCUT2D eigenvalue weighted by Crippen LogP contribution is 2.20. The van der Waals surface area contributed by atoms with Gasteiger partial charge in [0.15, 0.2) is 0 Å². The first-order valence-corrected chi connectivity index (χ1v) is 27.6. The minimum Gasteiger partial charge on any atom is -0.481 e. The number of carboxylic acid groups (broad SMARTS) is 2. The van der Waals surface area contributed by atoms with Crippen molar-refractivity contribution in [1.82, 2.24) is 0 Å². The lowest BCUT2D eigenvalue weighted by Crippen LogP contribution is -2.24. The molecule has 0 unspecified atom stereocenters. The normalized spacial score (nSPS) is 10.5. The molecule has 0 bridgehead atoms. The number of hydrogen-bond donors (Lipinski definition) is 2. The number of ether oxygens (including phenoxy) is 7. The van der Waals surface area contributed by atoms with Crippen LogP contribution in [0.15, 0.2) is 102 Å². The van der Waals surface area contributed by atoms with Crippen molar-refractivity contribution < 1.29 is 86.5 Å². The molecule has 85 heavy (non-hydrogen) atoms. The van der Waals surface area contributed by atoms with Crippen LogP contribution >= 0.6 is 15.9 Å². The molecule has 0 aliphatic carbocycles. The molecule has 0 amide bonds. The van der Waals surface area contributed by atoms with E-state index in [4.69, 9.17) is 19.7 Å². The van der Waals surface area contributed by atoms with E-state index in [1.807, 2.05) is 94.4 Å². The molecular weight excluding hydrogens is 1160 g/mol. The molecule has 19 heteroatoms. The number of halogens is 1. The fourth-order valence-electron chi connectivity index (χ4n) is 7.46. The van der Waals surface area contributed by atoms with Gasteiger partial charge in [0, 0.05) is 29.8 Å². The number of carbonyl (C=O) groups excluding carboxylic acids is 7. The molecule has 5 aromatic carbocycles. The third kappa shape index (κ3) is 29.6.